The molecule has 0 bridgehead atoms. The highest BCUT2D eigenvalue weighted by Gasteiger charge is 2.00. The van der Waals surface area contributed by atoms with Crippen LogP contribution in [-0.4, -0.2) is 92.9 Å². The van der Waals surface area contributed by atoms with Crippen LogP contribution in [0.2, 0.25) is 0 Å². The second kappa shape index (κ2) is 38.8. The predicted octanol–water partition coefficient (Wildman–Crippen LogP) is 4.39. The molecule has 0 amide bonds. The standard InChI is InChI=1S/3C7H14O2.C6H15NO3/c3*1-2-3-4-5-6-7(8)9;8-4-1-7(2-5-9)3-6-10/h3*2-6H2,1H3,(H,8,9);8-10H,1-6H2. The van der Waals surface area contributed by atoms with Gasteiger partial charge < -0.3 is 30.6 Å². The molecule has 0 aromatic rings. The van der Waals surface area contributed by atoms with Gasteiger partial charge in [-0.25, -0.2) is 0 Å². The number of nitrogens with zero attached hydrogens (tertiary/aromatic N) is 1. The third kappa shape index (κ3) is 55.9. The fourth-order valence-electron chi connectivity index (χ4n) is 2.87. The number of carboxylic acid groups (broad SMARTS) is 3. The van der Waals surface area contributed by atoms with E-state index in [4.69, 9.17) is 30.6 Å². The van der Waals surface area contributed by atoms with Gasteiger partial charge in [0.2, 0.25) is 0 Å². The maximum Gasteiger partial charge on any atom is 0.303 e. The van der Waals surface area contributed by atoms with E-state index in [0.29, 0.717) is 38.9 Å². The summed E-state index contributed by atoms with van der Waals surface area (Å²) in [5, 5.41) is 50.1. The Morgan fingerprint density at radius 3 is 0.865 bits per heavy atom. The highest BCUT2D eigenvalue weighted by atomic mass is 16.4. The van der Waals surface area contributed by atoms with E-state index in [1.54, 1.807) is 4.90 Å². The Labute approximate surface area is 224 Å². The van der Waals surface area contributed by atoms with Crippen LogP contribution in [0.25, 0.3) is 0 Å². The van der Waals surface area contributed by atoms with Crippen molar-refractivity contribution >= 4 is 17.9 Å². The van der Waals surface area contributed by atoms with Crippen LogP contribution >= 0.6 is 0 Å². The SMILES string of the molecule is CCCCCCC(=O)O.CCCCCCC(=O)O.CCCCCCC(=O)O.OCCN(CCO)CCO. The summed E-state index contributed by atoms with van der Waals surface area (Å²) in [6, 6.07) is 0. The highest BCUT2D eigenvalue weighted by molar-refractivity contribution is 5.67. The van der Waals surface area contributed by atoms with Crippen LogP contribution < -0.4 is 0 Å². The molecular formula is C27H57NO9. The van der Waals surface area contributed by atoms with Gasteiger partial charge in [0.1, 0.15) is 0 Å². The molecule has 224 valence electrons. The molecule has 0 aliphatic rings. The number of aliphatic carboxylic acids is 3. The van der Waals surface area contributed by atoms with Crippen LogP contribution in [0, 0.1) is 0 Å². The Morgan fingerprint density at radius 1 is 0.459 bits per heavy atom. The van der Waals surface area contributed by atoms with Crippen molar-refractivity contribution in [1.29, 1.82) is 0 Å². The van der Waals surface area contributed by atoms with Crippen LogP contribution in [0.4, 0.5) is 0 Å². The average Bonchev–Trinajstić information content (AvgIpc) is 2.84. The number of aliphatic hydroxyl groups excluding tert-OH is 3. The van der Waals surface area contributed by atoms with Gasteiger partial charge in [-0.15, -0.1) is 0 Å². The van der Waals surface area contributed by atoms with Crippen LogP contribution in [0.3, 0.4) is 0 Å². The van der Waals surface area contributed by atoms with Gasteiger partial charge in [-0.1, -0.05) is 78.6 Å². The summed E-state index contributed by atoms with van der Waals surface area (Å²) in [5.41, 5.74) is 0. The maximum atomic E-state index is 9.96. The molecule has 0 atom stereocenters. The van der Waals surface area contributed by atoms with Crippen LogP contribution in [0.5, 0.6) is 0 Å². The van der Waals surface area contributed by atoms with Gasteiger partial charge in [0.15, 0.2) is 0 Å². The summed E-state index contributed by atoms with van der Waals surface area (Å²) in [5.74, 6) is -2.02. The molecule has 0 aliphatic heterocycles. The number of hydrogen-bond donors (Lipinski definition) is 6. The second-order valence-electron chi connectivity index (χ2n) is 8.63. The van der Waals surface area contributed by atoms with Gasteiger partial charge in [-0.05, 0) is 19.3 Å². The van der Waals surface area contributed by atoms with Crippen LogP contribution in [0.15, 0.2) is 0 Å². The molecule has 0 saturated heterocycles. The quantitative estimate of drug-likeness (QED) is 0.115. The topological polar surface area (TPSA) is 176 Å². The van der Waals surface area contributed by atoms with Crippen molar-refractivity contribution < 1.29 is 45.0 Å². The van der Waals surface area contributed by atoms with Gasteiger partial charge in [0.25, 0.3) is 0 Å². The van der Waals surface area contributed by atoms with Crippen LogP contribution in [0.1, 0.15) is 117 Å². The average molecular weight is 540 g/mol. The Kier molecular flexibility index (Phi) is 44.4. The van der Waals surface area contributed by atoms with Crippen molar-refractivity contribution in [2.75, 3.05) is 39.5 Å². The Morgan fingerprint density at radius 2 is 0.703 bits per heavy atom. The van der Waals surface area contributed by atoms with E-state index in [1.807, 2.05) is 0 Å². The Bertz CT molecular complexity index is 410. The number of carboxylic acids is 3. The van der Waals surface area contributed by atoms with Crippen molar-refractivity contribution in [2.45, 2.75) is 117 Å². The number of aliphatic hydroxyl groups is 3. The number of rotatable bonds is 21. The fraction of sp³-hybridized carbons (Fsp3) is 0.889. The first-order valence-electron chi connectivity index (χ1n) is 13.9. The van der Waals surface area contributed by atoms with E-state index in [1.165, 1.54) is 19.3 Å². The smallest absolute Gasteiger partial charge is 0.303 e. The summed E-state index contributed by atoms with van der Waals surface area (Å²) < 4.78 is 0. The normalized spacial score (nSPS) is 9.81. The van der Waals surface area contributed by atoms with E-state index in [0.717, 1.165) is 57.8 Å². The van der Waals surface area contributed by atoms with E-state index >= 15 is 0 Å². The zero-order chi connectivity index (χ0) is 29.2. The van der Waals surface area contributed by atoms with E-state index < -0.39 is 17.9 Å². The maximum absolute atomic E-state index is 9.96. The second-order valence-corrected chi connectivity index (χ2v) is 8.63. The molecular weight excluding hydrogens is 482 g/mol. The highest BCUT2D eigenvalue weighted by Crippen LogP contribution is 2.02. The minimum absolute atomic E-state index is 0.0694. The zero-order valence-electron chi connectivity index (χ0n) is 23.7. The first-order chi connectivity index (χ1) is 17.7. The van der Waals surface area contributed by atoms with Crippen molar-refractivity contribution in [3.8, 4) is 0 Å². The molecule has 10 heteroatoms. The lowest BCUT2D eigenvalue weighted by Crippen LogP contribution is -2.32. The summed E-state index contributed by atoms with van der Waals surface area (Å²) in [4.78, 5) is 31.7. The van der Waals surface area contributed by atoms with Gasteiger partial charge in [0, 0.05) is 38.9 Å². The minimum Gasteiger partial charge on any atom is -0.481 e. The summed E-state index contributed by atoms with van der Waals surface area (Å²) in [7, 11) is 0. The largest absolute Gasteiger partial charge is 0.481 e. The molecule has 37 heavy (non-hydrogen) atoms. The van der Waals surface area contributed by atoms with Crippen molar-refractivity contribution in [3.63, 3.8) is 0 Å². The lowest BCUT2D eigenvalue weighted by molar-refractivity contribution is -0.138. The molecule has 0 heterocycles. The molecule has 0 rings (SSSR count). The minimum atomic E-state index is -0.675. The lowest BCUT2D eigenvalue weighted by Gasteiger charge is -2.17. The summed E-state index contributed by atoms with van der Waals surface area (Å²) in [6.07, 6.45) is 13.7. The Balaban J connectivity index is -0.000000196. The molecule has 0 radical (unpaired) electrons. The number of carbonyl (C=O) groups is 3. The first-order valence-corrected chi connectivity index (χ1v) is 13.9. The number of unbranched alkanes of at least 4 members (excludes halogenated alkanes) is 9. The van der Waals surface area contributed by atoms with E-state index in [2.05, 4.69) is 20.8 Å². The van der Waals surface area contributed by atoms with Crippen molar-refractivity contribution in [2.24, 2.45) is 0 Å². The molecule has 0 aliphatic carbocycles. The molecule has 0 saturated carbocycles. The molecule has 0 aromatic carbocycles. The van der Waals surface area contributed by atoms with Gasteiger partial charge >= 0.3 is 17.9 Å². The van der Waals surface area contributed by atoms with Gasteiger partial charge in [-0.3, -0.25) is 19.3 Å². The number of hydrogen-bond acceptors (Lipinski definition) is 7. The molecule has 0 spiro atoms. The van der Waals surface area contributed by atoms with Gasteiger partial charge in [-0.2, -0.15) is 0 Å². The fourth-order valence-corrected chi connectivity index (χ4v) is 2.87. The van der Waals surface area contributed by atoms with Crippen molar-refractivity contribution in [1.82, 2.24) is 4.90 Å². The third-order valence-electron chi connectivity index (χ3n) is 4.98. The van der Waals surface area contributed by atoms with Gasteiger partial charge in [0.05, 0.1) is 19.8 Å². The zero-order valence-corrected chi connectivity index (χ0v) is 23.7. The summed E-state index contributed by atoms with van der Waals surface area (Å²) >= 11 is 0. The monoisotopic (exact) mass is 539 g/mol. The predicted molar refractivity (Wildman–Crippen MR) is 147 cm³/mol. The van der Waals surface area contributed by atoms with E-state index in [9.17, 15) is 14.4 Å². The summed E-state index contributed by atoms with van der Waals surface area (Å²) in [6.45, 7) is 8.09. The molecule has 10 nitrogen and oxygen atoms in total. The van der Waals surface area contributed by atoms with Crippen LogP contribution in [-0.2, 0) is 14.4 Å². The third-order valence-corrected chi connectivity index (χ3v) is 4.98. The van der Waals surface area contributed by atoms with E-state index in [-0.39, 0.29) is 19.8 Å². The first kappa shape index (κ1) is 42.3. The molecule has 0 fully saturated rings. The molecule has 0 unspecified atom stereocenters. The van der Waals surface area contributed by atoms with Crippen molar-refractivity contribution in [3.05, 3.63) is 0 Å². The molecule has 6 N–H and O–H groups in total. The molecule has 0 aromatic heterocycles. The Hall–Kier alpha value is -1.75. The lowest BCUT2D eigenvalue weighted by atomic mass is 10.2.